The summed E-state index contributed by atoms with van der Waals surface area (Å²) in [5.74, 6) is -0.170. The summed E-state index contributed by atoms with van der Waals surface area (Å²) in [6.45, 7) is 4.30. The molecule has 5 nitrogen and oxygen atoms in total. The highest BCUT2D eigenvalue weighted by molar-refractivity contribution is 9.10. The molecular formula is C22H17BrN4OS. The minimum Gasteiger partial charge on any atom is -0.333 e. The highest BCUT2D eigenvalue weighted by Gasteiger charge is 2.24. The van der Waals surface area contributed by atoms with Crippen LogP contribution in [0, 0.1) is 25.2 Å². The quantitative estimate of drug-likeness (QED) is 0.524. The summed E-state index contributed by atoms with van der Waals surface area (Å²) in [7, 11) is 0. The van der Waals surface area contributed by atoms with E-state index in [9.17, 15) is 4.79 Å². The Morgan fingerprint density at radius 1 is 1.28 bits per heavy atom. The first-order valence-electron chi connectivity index (χ1n) is 8.97. The van der Waals surface area contributed by atoms with Gasteiger partial charge in [-0.15, -0.1) is 0 Å². The Kier molecular flexibility index (Phi) is 5.31. The molecule has 29 heavy (non-hydrogen) atoms. The number of aliphatic imine (C=N–C) groups is 1. The van der Waals surface area contributed by atoms with Gasteiger partial charge in [-0.25, -0.2) is 4.99 Å². The Morgan fingerprint density at radius 2 is 2.00 bits per heavy atom. The number of hydrogen-bond acceptors (Lipinski definition) is 4. The van der Waals surface area contributed by atoms with Crippen LogP contribution in [0.25, 0.3) is 17.0 Å². The summed E-state index contributed by atoms with van der Waals surface area (Å²) >= 11 is 4.88. The number of nitrogens with one attached hydrogen (secondary N) is 1. The number of aryl methyl sites for hydroxylation is 2. The minimum absolute atomic E-state index is 0.170. The van der Waals surface area contributed by atoms with E-state index < -0.39 is 0 Å². The molecule has 0 aliphatic carbocycles. The number of hydrogen-bond donors (Lipinski definition) is 1. The van der Waals surface area contributed by atoms with E-state index in [-0.39, 0.29) is 12.5 Å². The van der Waals surface area contributed by atoms with E-state index in [1.807, 2.05) is 67.1 Å². The van der Waals surface area contributed by atoms with E-state index in [2.05, 4.69) is 32.3 Å². The van der Waals surface area contributed by atoms with Crippen LogP contribution in [0.4, 0.5) is 5.69 Å². The molecule has 1 amide bonds. The summed E-state index contributed by atoms with van der Waals surface area (Å²) in [4.78, 5) is 17.7. The fraction of sp³-hybridized carbons (Fsp3) is 0.136. The number of nitrogens with zero attached hydrogens (tertiary/aromatic N) is 3. The number of rotatable bonds is 3. The molecule has 0 bridgehead atoms. The van der Waals surface area contributed by atoms with Crippen molar-refractivity contribution in [2.75, 3.05) is 0 Å². The molecule has 0 unspecified atom stereocenters. The van der Waals surface area contributed by atoms with Crippen molar-refractivity contribution < 1.29 is 4.79 Å². The number of halogens is 1. The molecule has 1 N–H and O–H groups in total. The maximum absolute atomic E-state index is 12.5. The van der Waals surface area contributed by atoms with Gasteiger partial charge in [0.15, 0.2) is 5.17 Å². The average Bonchev–Trinajstić information content (AvgIpc) is 3.21. The van der Waals surface area contributed by atoms with E-state index in [0.29, 0.717) is 10.1 Å². The fourth-order valence-electron chi connectivity index (χ4n) is 3.32. The lowest BCUT2D eigenvalue weighted by atomic mass is 10.1. The van der Waals surface area contributed by atoms with Crippen molar-refractivity contribution in [3.05, 3.63) is 68.7 Å². The molecule has 2 heterocycles. The van der Waals surface area contributed by atoms with E-state index in [1.165, 1.54) is 11.8 Å². The van der Waals surface area contributed by atoms with Crippen LogP contribution in [0.3, 0.4) is 0 Å². The van der Waals surface area contributed by atoms with Gasteiger partial charge < -0.3 is 9.88 Å². The second-order valence-electron chi connectivity index (χ2n) is 6.76. The predicted octanol–water partition coefficient (Wildman–Crippen LogP) is 5.44. The second kappa shape index (κ2) is 7.90. The zero-order chi connectivity index (χ0) is 20.5. The lowest BCUT2D eigenvalue weighted by Crippen LogP contribution is -2.19. The van der Waals surface area contributed by atoms with Crippen molar-refractivity contribution in [2.45, 2.75) is 20.4 Å². The Bertz CT molecular complexity index is 1230. The number of benzene rings is 2. The smallest absolute Gasteiger partial charge is 0.264 e. The summed E-state index contributed by atoms with van der Waals surface area (Å²) in [5, 5.41) is 13.5. The van der Waals surface area contributed by atoms with Crippen LogP contribution in [0.5, 0.6) is 0 Å². The molecule has 3 aromatic rings. The number of para-hydroxylation sites is 1. The number of aromatic nitrogens is 1. The molecule has 0 atom stereocenters. The number of fused-ring (bicyclic) bond motifs is 1. The Morgan fingerprint density at radius 3 is 2.72 bits per heavy atom. The number of amides is 1. The molecule has 1 aliphatic rings. The molecule has 4 rings (SSSR count). The second-order valence-corrected chi connectivity index (χ2v) is 8.59. The van der Waals surface area contributed by atoms with E-state index >= 15 is 0 Å². The molecule has 1 aliphatic heterocycles. The van der Waals surface area contributed by atoms with E-state index in [0.717, 1.165) is 37.8 Å². The minimum atomic E-state index is -0.170. The largest absolute Gasteiger partial charge is 0.333 e. The molecule has 1 aromatic heterocycles. The van der Waals surface area contributed by atoms with E-state index in [1.54, 1.807) is 0 Å². The summed E-state index contributed by atoms with van der Waals surface area (Å²) in [5.41, 5.74) is 4.88. The van der Waals surface area contributed by atoms with Crippen LogP contribution in [0.15, 0.2) is 57.0 Å². The molecular weight excluding hydrogens is 448 g/mol. The Hall–Kier alpha value is -2.82. The molecule has 2 aromatic carbocycles. The number of thioether (sulfide) groups is 1. The first-order valence-corrected chi connectivity index (χ1v) is 10.6. The Balaban J connectivity index is 1.68. The van der Waals surface area contributed by atoms with Crippen LogP contribution >= 0.6 is 27.7 Å². The third kappa shape index (κ3) is 3.86. The van der Waals surface area contributed by atoms with Gasteiger partial charge in [0.2, 0.25) is 0 Å². The normalized spacial score (nSPS) is 16.6. The maximum atomic E-state index is 12.5. The first-order chi connectivity index (χ1) is 14.0. The Labute approximate surface area is 181 Å². The van der Waals surface area contributed by atoms with Crippen molar-refractivity contribution in [3.63, 3.8) is 0 Å². The van der Waals surface area contributed by atoms with Crippen molar-refractivity contribution >= 4 is 61.4 Å². The van der Waals surface area contributed by atoms with Crippen LogP contribution in [-0.2, 0) is 11.3 Å². The van der Waals surface area contributed by atoms with Crippen molar-refractivity contribution in [2.24, 2.45) is 4.99 Å². The fourth-order valence-corrected chi connectivity index (χ4v) is 4.39. The van der Waals surface area contributed by atoms with Crippen molar-refractivity contribution in [3.8, 4) is 6.07 Å². The zero-order valence-electron chi connectivity index (χ0n) is 15.9. The van der Waals surface area contributed by atoms with Gasteiger partial charge in [0.05, 0.1) is 16.7 Å². The van der Waals surface area contributed by atoms with E-state index in [4.69, 9.17) is 5.26 Å². The number of carbonyl (C=O) groups is 1. The van der Waals surface area contributed by atoms with Gasteiger partial charge in [-0.05, 0) is 61.0 Å². The molecule has 1 saturated heterocycles. The monoisotopic (exact) mass is 464 g/mol. The highest BCUT2D eigenvalue weighted by atomic mass is 79.9. The number of carbonyl (C=O) groups excluding carboxylic acids is 1. The van der Waals surface area contributed by atoms with Gasteiger partial charge in [0.1, 0.15) is 6.54 Å². The highest BCUT2D eigenvalue weighted by Crippen LogP contribution is 2.32. The predicted molar refractivity (Wildman–Crippen MR) is 122 cm³/mol. The zero-order valence-corrected chi connectivity index (χ0v) is 18.3. The van der Waals surface area contributed by atoms with Crippen LogP contribution in [-0.4, -0.2) is 15.6 Å². The number of amidine groups is 1. The van der Waals surface area contributed by atoms with Gasteiger partial charge in [-0.3, -0.25) is 4.79 Å². The molecule has 7 heteroatoms. The summed E-state index contributed by atoms with van der Waals surface area (Å²) in [6, 6.07) is 14.0. The van der Waals surface area contributed by atoms with Gasteiger partial charge in [-0.2, -0.15) is 5.26 Å². The standard InChI is InChI=1S/C22H17BrN4OS/c1-13-9-16(10-14(2)20(13)23)25-22-26-21(28)19(29-22)11-15-12-27(8-7-24)18-6-4-3-5-17(15)18/h3-6,9-12H,8H2,1-2H3,(H,25,26,28)/b19-11-. The summed E-state index contributed by atoms with van der Waals surface area (Å²) in [6.07, 6.45) is 3.77. The number of nitriles is 1. The van der Waals surface area contributed by atoms with Gasteiger partial charge in [-0.1, -0.05) is 34.1 Å². The van der Waals surface area contributed by atoms with Gasteiger partial charge >= 0.3 is 0 Å². The first kappa shape index (κ1) is 19.5. The van der Waals surface area contributed by atoms with Crippen molar-refractivity contribution in [1.29, 1.82) is 5.26 Å². The molecule has 0 saturated carbocycles. The van der Waals surface area contributed by atoms with Gasteiger partial charge in [0, 0.05) is 27.1 Å². The lowest BCUT2D eigenvalue weighted by Gasteiger charge is -2.04. The topological polar surface area (TPSA) is 70.2 Å². The molecule has 0 radical (unpaired) electrons. The molecule has 144 valence electrons. The van der Waals surface area contributed by atoms with Crippen LogP contribution in [0.1, 0.15) is 16.7 Å². The van der Waals surface area contributed by atoms with Crippen LogP contribution in [0.2, 0.25) is 0 Å². The van der Waals surface area contributed by atoms with Crippen molar-refractivity contribution in [1.82, 2.24) is 9.88 Å². The third-order valence-corrected chi connectivity index (χ3v) is 6.81. The molecule has 1 fully saturated rings. The third-order valence-electron chi connectivity index (χ3n) is 4.65. The van der Waals surface area contributed by atoms with Gasteiger partial charge in [0.25, 0.3) is 5.91 Å². The lowest BCUT2D eigenvalue weighted by molar-refractivity contribution is -0.115. The SMILES string of the molecule is Cc1cc(N=C2NC(=O)/C(=C/c3cn(CC#N)c4ccccc34)S2)cc(C)c1Br. The molecule has 0 spiro atoms. The van der Waals surface area contributed by atoms with Crippen LogP contribution < -0.4 is 5.32 Å². The summed E-state index contributed by atoms with van der Waals surface area (Å²) < 4.78 is 2.96. The maximum Gasteiger partial charge on any atom is 0.264 e. The average molecular weight is 465 g/mol.